The number of ether oxygens (including phenoxy) is 1. The zero-order valence-electron chi connectivity index (χ0n) is 20.5. The van der Waals surface area contributed by atoms with Crippen molar-refractivity contribution in [1.82, 2.24) is 25.5 Å². The molecule has 0 aliphatic heterocycles. The highest BCUT2D eigenvalue weighted by Gasteiger charge is 2.43. The molecule has 2 heterocycles. The van der Waals surface area contributed by atoms with Gasteiger partial charge in [-0.15, -0.1) is 16.4 Å². The molecule has 2 aliphatic carbocycles. The van der Waals surface area contributed by atoms with Gasteiger partial charge in [-0.2, -0.15) is 0 Å². The third kappa shape index (κ3) is 4.92. The monoisotopic (exact) mass is 595 g/mol. The number of halogens is 1. The van der Waals surface area contributed by atoms with Crippen LogP contribution in [0.2, 0.25) is 0 Å². The van der Waals surface area contributed by atoms with Crippen molar-refractivity contribution in [3.05, 3.63) is 52.5 Å². The standard InChI is InChI=1S/C27H26BrN5O4S/c28-22-20-13-16(14-33(25(34)17-8-9-17)15-27(37-26(35)36)11-3-4-12-27)7-10-21(20)38-23(22)18-5-1-2-6-19(18)24-29-31-32-30-24/h1-2,5-7,10,13,17H,3-4,8-9,11-12,14-15H2,(H,35,36)(H,29,30,31,32). The third-order valence-electron chi connectivity index (χ3n) is 7.37. The fourth-order valence-corrected chi connectivity index (χ4v) is 7.44. The van der Waals surface area contributed by atoms with Gasteiger partial charge in [-0.3, -0.25) is 4.79 Å². The lowest BCUT2D eigenvalue weighted by Crippen LogP contribution is -2.47. The van der Waals surface area contributed by atoms with Crippen LogP contribution >= 0.6 is 27.3 Å². The average Bonchev–Trinajstić information content (AvgIpc) is 3.27. The Labute approximate surface area is 231 Å². The van der Waals surface area contributed by atoms with E-state index in [9.17, 15) is 14.7 Å². The summed E-state index contributed by atoms with van der Waals surface area (Å²) in [5.74, 6) is 0.720. The minimum atomic E-state index is -1.27. The number of carbonyl (C=O) groups excluding carboxylic acids is 1. The predicted molar refractivity (Wildman–Crippen MR) is 147 cm³/mol. The Morgan fingerprint density at radius 2 is 1.92 bits per heavy atom. The van der Waals surface area contributed by atoms with Gasteiger partial charge in [-0.1, -0.05) is 30.3 Å². The van der Waals surface area contributed by atoms with Gasteiger partial charge in [0.2, 0.25) is 5.91 Å². The highest BCUT2D eigenvalue weighted by atomic mass is 79.9. The van der Waals surface area contributed by atoms with E-state index in [4.69, 9.17) is 4.74 Å². The van der Waals surface area contributed by atoms with Crippen LogP contribution < -0.4 is 0 Å². The number of nitrogens with zero attached hydrogens (tertiary/aromatic N) is 4. The van der Waals surface area contributed by atoms with Crippen LogP contribution in [-0.4, -0.2) is 54.8 Å². The molecule has 2 saturated carbocycles. The minimum Gasteiger partial charge on any atom is -0.450 e. The molecule has 2 fully saturated rings. The highest BCUT2D eigenvalue weighted by molar-refractivity contribution is 9.10. The Hall–Kier alpha value is -3.31. The Morgan fingerprint density at radius 1 is 1.16 bits per heavy atom. The van der Waals surface area contributed by atoms with E-state index in [0.29, 0.717) is 31.8 Å². The SMILES string of the molecule is O=C(O)OC1(CN(Cc2ccc3sc(-c4ccccc4-c4nnn[nH]4)c(Br)c3c2)C(=O)C2CC2)CCCC1. The maximum Gasteiger partial charge on any atom is 0.506 e. The van der Waals surface area contributed by atoms with Crippen molar-refractivity contribution in [3.8, 4) is 21.8 Å². The number of aromatic nitrogens is 4. The van der Waals surface area contributed by atoms with Crippen LogP contribution in [-0.2, 0) is 16.1 Å². The molecular weight excluding hydrogens is 570 g/mol. The molecule has 2 aromatic heterocycles. The molecule has 2 N–H and O–H groups in total. The van der Waals surface area contributed by atoms with Crippen molar-refractivity contribution in [3.63, 3.8) is 0 Å². The smallest absolute Gasteiger partial charge is 0.450 e. The Morgan fingerprint density at radius 3 is 2.61 bits per heavy atom. The van der Waals surface area contributed by atoms with Gasteiger partial charge in [0.25, 0.3) is 0 Å². The number of amides is 1. The van der Waals surface area contributed by atoms with Gasteiger partial charge >= 0.3 is 6.16 Å². The Kier molecular flexibility index (Phi) is 6.65. The number of fused-ring (bicyclic) bond motifs is 1. The van der Waals surface area contributed by atoms with Crippen molar-refractivity contribution in [2.24, 2.45) is 5.92 Å². The number of tetrazole rings is 1. The van der Waals surface area contributed by atoms with E-state index in [2.05, 4.69) is 48.7 Å². The van der Waals surface area contributed by atoms with E-state index in [0.717, 1.165) is 61.8 Å². The molecular formula is C27H26BrN5O4S. The lowest BCUT2D eigenvalue weighted by atomic mass is 10.00. The van der Waals surface area contributed by atoms with Gasteiger partial charge in [0.05, 0.1) is 11.4 Å². The second kappa shape index (κ2) is 10.1. The first-order chi connectivity index (χ1) is 18.4. The molecule has 6 rings (SSSR count). The molecule has 9 nitrogen and oxygen atoms in total. The summed E-state index contributed by atoms with van der Waals surface area (Å²) in [6.45, 7) is 0.704. The lowest BCUT2D eigenvalue weighted by Gasteiger charge is -2.34. The zero-order valence-corrected chi connectivity index (χ0v) is 22.9. The second-order valence-corrected chi connectivity index (χ2v) is 11.9. The maximum atomic E-state index is 13.3. The van der Waals surface area contributed by atoms with Crippen molar-refractivity contribution < 1.29 is 19.4 Å². The number of benzene rings is 2. The van der Waals surface area contributed by atoms with Crippen LogP contribution in [0, 0.1) is 5.92 Å². The van der Waals surface area contributed by atoms with Gasteiger partial charge in [-0.25, -0.2) is 9.89 Å². The molecule has 2 aromatic carbocycles. The van der Waals surface area contributed by atoms with E-state index in [1.54, 1.807) is 11.3 Å². The van der Waals surface area contributed by atoms with Gasteiger partial charge in [0.1, 0.15) is 5.60 Å². The number of hydrogen-bond acceptors (Lipinski definition) is 7. The van der Waals surface area contributed by atoms with Crippen LogP contribution in [0.25, 0.3) is 31.9 Å². The molecule has 0 unspecified atom stereocenters. The lowest BCUT2D eigenvalue weighted by molar-refractivity contribution is -0.137. The molecule has 196 valence electrons. The summed E-state index contributed by atoms with van der Waals surface area (Å²) in [4.78, 5) is 27.7. The number of aromatic amines is 1. The molecule has 0 saturated heterocycles. The van der Waals surface area contributed by atoms with Gasteiger partial charge in [-0.05, 0) is 82.6 Å². The molecule has 0 radical (unpaired) electrons. The Balaban J connectivity index is 1.32. The molecule has 0 spiro atoms. The van der Waals surface area contributed by atoms with Gasteiger partial charge in [0.15, 0.2) is 5.82 Å². The van der Waals surface area contributed by atoms with E-state index in [-0.39, 0.29) is 11.8 Å². The largest absolute Gasteiger partial charge is 0.506 e. The molecule has 2 aliphatic rings. The number of H-pyrrole nitrogens is 1. The fourth-order valence-electron chi connectivity index (χ4n) is 5.41. The normalized spacial score (nSPS) is 16.6. The summed E-state index contributed by atoms with van der Waals surface area (Å²) in [6.07, 6.45) is 3.60. The van der Waals surface area contributed by atoms with Crippen molar-refractivity contribution in [1.29, 1.82) is 0 Å². The number of nitrogens with one attached hydrogen (secondary N) is 1. The van der Waals surface area contributed by atoms with Crippen molar-refractivity contribution >= 4 is 49.4 Å². The molecule has 11 heteroatoms. The van der Waals surface area contributed by atoms with Crippen LogP contribution in [0.4, 0.5) is 4.79 Å². The summed E-state index contributed by atoms with van der Waals surface area (Å²) in [5, 5.41) is 24.8. The van der Waals surface area contributed by atoms with Crippen molar-refractivity contribution in [2.75, 3.05) is 6.54 Å². The first-order valence-corrected chi connectivity index (χ1v) is 14.3. The number of carbonyl (C=O) groups is 2. The fraction of sp³-hybridized carbons (Fsp3) is 0.370. The summed E-state index contributed by atoms with van der Waals surface area (Å²) in [7, 11) is 0. The average molecular weight is 597 g/mol. The second-order valence-electron chi connectivity index (χ2n) is 10.1. The molecule has 4 aromatic rings. The van der Waals surface area contributed by atoms with E-state index >= 15 is 0 Å². The first kappa shape index (κ1) is 25.0. The Bertz CT molecular complexity index is 1490. The number of rotatable bonds is 8. The van der Waals surface area contributed by atoms with Crippen LogP contribution in [0.1, 0.15) is 44.1 Å². The first-order valence-electron chi connectivity index (χ1n) is 12.7. The maximum absolute atomic E-state index is 13.3. The number of hydrogen-bond donors (Lipinski definition) is 2. The summed E-state index contributed by atoms with van der Waals surface area (Å²) >= 11 is 5.51. The highest BCUT2D eigenvalue weighted by Crippen LogP contribution is 2.45. The predicted octanol–water partition coefficient (Wildman–Crippen LogP) is 6.26. The molecule has 38 heavy (non-hydrogen) atoms. The third-order valence-corrected chi connectivity index (χ3v) is 9.66. The number of thiophene rings is 1. The van der Waals surface area contributed by atoms with Crippen LogP contribution in [0.15, 0.2) is 46.9 Å². The van der Waals surface area contributed by atoms with E-state index < -0.39 is 11.8 Å². The van der Waals surface area contributed by atoms with Crippen LogP contribution in [0.5, 0.6) is 0 Å². The summed E-state index contributed by atoms with van der Waals surface area (Å²) in [5.41, 5.74) is 2.09. The minimum absolute atomic E-state index is 0.0311. The van der Waals surface area contributed by atoms with Gasteiger partial charge < -0.3 is 14.7 Å². The van der Waals surface area contributed by atoms with Gasteiger partial charge in [0, 0.05) is 38.1 Å². The summed E-state index contributed by atoms with van der Waals surface area (Å²) < 4.78 is 7.49. The van der Waals surface area contributed by atoms with Crippen molar-refractivity contribution in [2.45, 2.75) is 50.7 Å². The zero-order chi connectivity index (χ0) is 26.3. The molecule has 0 bridgehead atoms. The summed E-state index contributed by atoms with van der Waals surface area (Å²) in [6, 6.07) is 14.2. The topological polar surface area (TPSA) is 121 Å². The quantitative estimate of drug-likeness (QED) is 0.231. The van der Waals surface area contributed by atoms with E-state index in [1.807, 2.05) is 35.2 Å². The van der Waals surface area contributed by atoms with Crippen LogP contribution in [0.3, 0.4) is 0 Å². The van der Waals surface area contributed by atoms with E-state index in [1.165, 1.54) is 0 Å². The number of carboxylic acid groups (broad SMARTS) is 1. The molecule has 0 atom stereocenters. The molecule has 1 amide bonds.